The van der Waals surface area contributed by atoms with Gasteiger partial charge in [-0.3, -0.25) is 0 Å². The Morgan fingerprint density at radius 2 is 1.69 bits per heavy atom. The van der Waals surface area contributed by atoms with Crippen LogP contribution in [0, 0.1) is 6.92 Å². The molecule has 1 rings (SSSR count). The van der Waals surface area contributed by atoms with Gasteiger partial charge >= 0.3 is 5.97 Å². The molecule has 0 radical (unpaired) electrons. The van der Waals surface area contributed by atoms with Gasteiger partial charge < -0.3 is 4.74 Å². The minimum atomic E-state index is -0.595. The number of nitrogens with zero attached hydrogens (tertiary/aromatic N) is 2. The molecule has 0 N–H and O–H groups in total. The van der Waals surface area contributed by atoms with Crippen molar-refractivity contribution in [1.29, 1.82) is 0 Å². The van der Waals surface area contributed by atoms with Gasteiger partial charge in [0.15, 0.2) is 10.3 Å². The van der Waals surface area contributed by atoms with Crippen molar-refractivity contribution < 1.29 is 9.53 Å². The Bertz CT molecular complexity index is 428. The van der Waals surface area contributed by atoms with Crippen LogP contribution >= 0.6 is 23.2 Å². The van der Waals surface area contributed by atoms with Crippen molar-refractivity contribution >= 4 is 29.2 Å². The highest BCUT2D eigenvalue weighted by Gasteiger charge is 2.24. The van der Waals surface area contributed by atoms with E-state index >= 15 is 0 Å². The van der Waals surface area contributed by atoms with E-state index in [0.29, 0.717) is 5.56 Å². The second-order valence-electron chi connectivity index (χ2n) is 4.28. The van der Waals surface area contributed by atoms with E-state index in [1.165, 1.54) is 0 Å². The summed E-state index contributed by atoms with van der Waals surface area (Å²) in [5.41, 5.74) is 0.0373. The van der Waals surface area contributed by atoms with Gasteiger partial charge in [-0.1, -0.05) is 23.2 Å². The Kier molecular flexibility index (Phi) is 3.76. The average molecular weight is 263 g/mol. The van der Waals surface area contributed by atoms with Crippen molar-refractivity contribution in [3.63, 3.8) is 0 Å². The van der Waals surface area contributed by atoms with Crippen molar-refractivity contribution in [2.24, 2.45) is 0 Å². The van der Waals surface area contributed by atoms with Crippen LogP contribution in [0.25, 0.3) is 0 Å². The van der Waals surface area contributed by atoms with E-state index in [2.05, 4.69) is 10.2 Å². The van der Waals surface area contributed by atoms with Crippen molar-refractivity contribution in [1.82, 2.24) is 10.2 Å². The minimum absolute atomic E-state index is 0.00356. The molecule has 1 aromatic rings. The summed E-state index contributed by atoms with van der Waals surface area (Å²) in [5, 5.41) is 7.31. The van der Waals surface area contributed by atoms with Crippen LogP contribution in [0.2, 0.25) is 10.3 Å². The van der Waals surface area contributed by atoms with E-state index in [4.69, 9.17) is 27.9 Å². The van der Waals surface area contributed by atoms with Crippen LogP contribution in [0.3, 0.4) is 0 Å². The molecular weight excluding hydrogens is 251 g/mol. The molecule has 6 heteroatoms. The van der Waals surface area contributed by atoms with Gasteiger partial charge in [0.2, 0.25) is 0 Å². The zero-order chi connectivity index (χ0) is 12.5. The highest BCUT2D eigenvalue weighted by Crippen LogP contribution is 2.24. The number of hydrogen-bond acceptors (Lipinski definition) is 4. The third kappa shape index (κ3) is 3.06. The number of aromatic nitrogens is 2. The topological polar surface area (TPSA) is 52.1 Å². The summed E-state index contributed by atoms with van der Waals surface area (Å²) in [5.74, 6) is -0.549. The average Bonchev–Trinajstić information content (AvgIpc) is 2.09. The fraction of sp³-hybridized carbons (Fsp3) is 0.500. The predicted octanol–water partition coefficient (Wildman–Crippen LogP) is 3.05. The van der Waals surface area contributed by atoms with Crippen LogP contribution in [-0.4, -0.2) is 21.8 Å². The molecule has 1 aromatic heterocycles. The monoisotopic (exact) mass is 262 g/mol. The molecule has 0 aliphatic carbocycles. The first kappa shape index (κ1) is 13.2. The number of ether oxygens (including phenoxy) is 1. The van der Waals surface area contributed by atoms with Crippen LogP contribution in [0.4, 0.5) is 0 Å². The predicted molar refractivity (Wildman–Crippen MR) is 62.0 cm³/mol. The maximum atomic E-state index is 11.8. The van der Waals surface area contributed by atoms with Crippen LogP contribution in [0.1, 0.15) is 36.7 Å². The Morgan fingerprint density at radius 1 is 1.19 bits per heavy atom. The first-order valence-corrected chi connectivity index (χ1v) is 5.39. The number of esters is 1. The second kappa shape index (κ2) is 4.55. The molecule has 0 saturated heterocycles. The molecule has 4 nitrogen and oxygen atoms in total. The SMILES string of the molecule is Cc1c(Cl)nnc(Cl)c1C(=O)OC(C)(C)C. The largest absolute Gasteiger partial charge is 0.456 e. The molecule has 0 aliphatic heterocycles. The quantitative estimate of drug-likeness (QED) is 0.731. The van der Waals surface area contributed by atoms with Crippen molar-refractivity contribution in [3.8, 4) is 0 Å². The minimum Gasteiger partial charge on any atom is -0.456 e. The maximum absolute atomic E-state index is 11.8. The lowest BCUT2D eigenvalue weighted by Crippen LogP contribution is -2.25. The smallest absolute Gasteiger partial charge is 0.342 e. The van der Waals surface area contributed by atoms with Gasteiger partial charge in [0.1, 0.15) is 11.2 Å². The summed E-state index contributed by atoms with van der Waals surface area (Å²) in [6.07, 6.45) is 0. The summed E-state index contributed by atoms with van der Waals surface area (Å²) in [4.78, 5) is 11.8. The molecular formula is C10H12Cl2N2O2. The fourth-order valence-electron chi connectivity index (χ4n) is 1.04. The number of halogens is 2. The molecule has 0 spiro atoms. The number of carbonyl (C=O) groups excluding carboxylic acids is 1. The van der Waals surface area contributed by atoms with Gasteiger partial charge in [0.25, 0.3) is 0 Å². The zero-order valence-electron chi connectivity index (χ0n) is 9.47. The maximum Gasteiger partial charge on any atom is 0.342 e. The Labute approximate surface area is 104 Å². The summed E-state index contributed by atoms with van der Waals surface area (Å²) >= 11 is 11.6. The van der Waals surface area contributed by atoms with E-state index in [1.807, 2.05) is 0 Å². The van der Waals surface area contributed by atoms with Gasteiger partial charge in [-0.15, -0.1) is 10.2 Å². The molecule has 0 saturated carbocycles. The lowest BCUT2D eigenvalue weighted by molar-refractivity contribution is 0.00683. The number of rotatable bonds is 1. The van der Waals surface area contributed by atoms with Gasteiger partial charge in [0.05, 0.1) is 0 Å². The molecule has 0 aliphatic rings. The van der Waals surface area contributed by atoms with E-state index in [1.54, 1.807) is 27.7 Å². The third-order valence-electron chi connectivity index (χ3n) is 1.72. The Morgan fingerprint density at radius 3 is 2.19 bits per heavy atom. The van der Waals surface area contributed by atoms with Crippen LogP contribution in [-0.2, 0) is 4.74 Å². The first-order valence-electron chi connectivity index (χ1n) is 4.64. The van der Waals surface area contributed by atoms with Crippen molar-refractivity contribution in [2.45, 2.75) is 33.3 Å². The highest BCUT2D eigenvalue weighted by molar-refractivity contribution is 6.34. The molecule has 88 valence electrons. The van der Waals surface area contributed by atoms with Gasteiger partial charge in [-0.25, -0.2) is 4.79 Å². The molecule has 0 amide bonds. The Hall–Kier alpha value is -0.870. The van der Waals surface area contributed by atoms with Crippen molar-refractivity contribution in [2.75, 3.05) is 0 Å². The Balaban J connectivity index is 3.14. The second-order valence-corrected chi connectivity index (χ2v) is 5.00. The summed E-state index contributed by atoms with van der Waals surface area (Å²) in [6, 6.07) is 0. The molecule has 0 bridgehead atoms. The fourth-order valence-corrected chi connectivity index (χ4v) is 1.43. The molecule has 16 heavy (non-hydrogen) atoms. The third-order valence-corrected chi connectivity index (χ3v) is 2.34. The normalized spacial score (nSPS) is 11.4. The lowest BCUT2D eigenvalue weighted by atomic mass is 10.1. The van der Waals surface area contributed by atoms with Gasteiger partial charge in [-0.05, 0) is 27.7 Å². The molecule has 1 heterocycles. The van der Waals surface area contributed by atoms with Crippen LogP contribution < -0.4 is 0 Å². The zero-order valence-corrected chi connectivity index (χ0v) is 11.0. The first-order chi connectivity index (χ1) is 7.22. The van der Waals surface area contributed by atoms with Crippen molar-refractivity contribution in [3.05, 3.63) is 21.4 Å². The van der Waals surface area contributed by atoms with Crippen LogP contribution in [0.15, 0.2) is 0 Å². The van der Waals surface area contributed by atoms with Crippen LogP contribution in [0.5, 0.6) is 0 Å². The molecule has 0 unspecified atom stereocenters. The molecule has 0 atom stereocenters. The van der Waals surface area contributed by atoms with E-state index in [9.17, 15) is 4.79 Å². The lowest BCUT2D eigenvalue weighted by Gasteiger charge is -2.20. The summed E-state index contributed by atoms with van der Waals surface area (Å²) < 4.78 is 5.19. The van der Waals surface area contributed by atoms with Gasteiger partial charge in [0, 0.05) is 5.56 Å². The number of hydrogen-bond donors (Lipinski definition) is 0. The summed E-state index contributed by atoms with van der Waals surface area (Å²) in [7, 11) is 0. The number of carbonyl (C=O) groups is 1. The van der Waals surface area contributed by atoms with E-state index in [0.717, 1.165) is 0 Å². The molecule has 0 fully saturated rings. The van der Waals surface area contributed by atoms with E-state index in [-0.39, 0.29) is 15.9 Å². The molecule has 0 aromatic carbocycles. The highest BCUT2D eigenvalue weighted by atomic mass is 35.5. The van der Waals surface area contributed by atoms with Gasteiger partial charge in [-0.2, -0.15) is 0 Å². The standard InChI is InChI=1S/C10H12Cl2N2O2/c1-5-6(8(12)14-13-7(5)11)9(15)16-10(2,3)4/h1-4H3. The summed E-state index contributed by atoms with van der Waals surface area (Å²) in [6.45, 7) is 6.95. The van der Waals surface area contributed by atoms with E-state index < -0.39 is 11.6 Å².